The molecule has 0 radical (unpaired) electrons. The molecular weight excluding hydrogens is 414 g/mol. The summed E-state index contributed by atoms with van der Waals surface area (Å²) in [6, 6.07) is 12.5. The van der Waals surface area contributed by atoms with Gasteiger partial charge in [0.25, 0.3) is 5.91 Å². The minimum atomic E-state index is -4.51. The number of benzene rings is 2. The summed E-state index contributed by atoms with van der Waals surface area (Å²) in [7, 11) is 0. The molecule has 1 heterocycles. The first kappa shape index (κ1) is 21.7. The Morgan fingerprint density at radius 2 is 1.71 bits per heavy atom. The maximum Gasteiger partial charge on any atom is 0.416 e. The van der Waals surface area contributed by atoms with E-state index in [1.54, 1.807) is 12.1 Å². The van der Waals surface area contributed by atoms with Crippen LogP contribution in [0.5, 0.6) is 0 Å². The van der Waals surface area contributed by atoms with Crippen LogP contribution in [0.25, 0.3) is 6.08 Å². The molecule has 0 spiro atoms. The van der Waals surface area contributed by atoms with E-state index in [9.17, 15) is 27.2 Å². The summed E-state index contributed by atoms with van der Waals surface area (Å²) in [5.41, 5.74) is -0.470. The van der Waals surface area contributed by atoms with E-state index in [-0.39, 0.29) is 22.6 Å². The van der Waals surface area contributed by atoms with Gasteiger partial charge in [0.2, 0.25) is 5.91 Å². The number of nitrogens with one attached hydrogen (secondary N) is 2. The first-order valence-corrected chi connectivity index (χ1v) is 8.90. The fourth-order valence-corrected chi connectivity index (χ4v) is 2.58. The number of amides is 2. The zero-order valence-electron chi connectivity index (χ0n) is 15.8. The third-order valence-electron chi connectivity index (χ3n) is 4.03. The number of anilines is 2. The van der Waals surface area contributed by atoms with E-state index in [0.29, 0.717) is 0 Å². The van der Waals surface area contributed by atoms with Crippen molar-refractivity contribution >= 4 is 29.3 Å². The van der Waals surface area contributed by atoms with Crippen LogP contribution in [0.3, 0.4) is 0 Å². The minimum absolute atomic E-state index is 0.0250. The van der Waals surface area contributed by atoms with Crippen LogP contribution in [0.15, 0.2) is 72.9 Å². The summed E-state index contributed by atoms with van der Waals surface area (Å²) < 4.78 is 52.0. The number of pyridine rings is 1. The Balaban J connectivity index is 1.75. The van der Waals surface area contributed by atoms with Gasteiger partial charge < -0.3 is 10.6 Å². The Labute approximate surface area is 174 Å². The Kier molecular flexibility index (Phi) is 6.44. The number of rotatable bonds is 5. The van der Waals surface area contributed by atoms with Crippen LogP contribution in [0.2, 0.25) is 0 Å². The van der Waals surface area contributed by atoms with Crippen LogP contribution in [-0.2, 0) is 11.0 Å². The normalized spacial score (nSPS) is 11.4. The van der Waals surface area contributed by atoms with Crippen molar-refractivity contribution in [2.75, 3.05) is 10.6 Å². The summed E-state index contributed by atoms with van der Waals surface area (Å²) in [4.78, 5) is 28.4. The molecule has 158 valence electrons. The van der Waals surface area contributed by atoms with Crippen LogP contribution in [0.4, 0.5) is 28.9 Å². The molecular formula is C22H15F4N3O2. The lowest BCUT2D eigenvalue weighted by atomic mass is 10.1. The quantitative estimate of drug-likeness (QED) is 0.436. The largest absolute Gasteiger partial charge is 0.416 e. The molecule has 2 aromatic carbocycles. The van der Waals surface area contributed by atoms with Crippen molar-refractivity contribution in [2.24, 2.45) is 0 Å². The van der Waals surface area contributed by atoms with E-state index < -0.39 is 29.4 Å². The number of hydrogen-bond donors (Lipinski definition) is 2. The van der Waals surface area contributed by atoms with E-state index in [1.165, 1.54) is 36.5 Å². The zero-order valence-corrected chi connectivity index (χ0v) is 15.8. The summed E-state index contributed by atoms with van der Waals surface area (Å²) in [6.45, 7) is 0. The molecule has 0 atom stereocenters. The molecule has 0 saturated carbocycles. The van der Waals surface area contributed by atoms with E-state index in [2.05, 4.69) is 15.6 Å². The lowest BCUT2D eigenvalue weighted by molar-refractivity contribution is -0.137. The van der Waals surface area contributed by atoms with Crippen molar-refractivity contribution in [3.8, 4) is 0 Å². The Bertz CT molecular complexity index is 1130. The number of carbonyl (C=O) groups is 2. The number of alkyl halides is 3. The second-order valence-electron chi connectivity index (χ2n) is 6.30. The standard InChI is InChI=1S/C22H15F4N3O2/c23-16-8-9-17(29-21(31)18-6-1-2-11-27-18)19(13-16)28-20(30)10-7-14-4-3-5-15(12-14)22(24,25)26/h1-13H,(H,28,30)(H,29,31)/b10-7+. The highest BCUT2D eigenvalue weighted by Gasteiger charge is 2.30. The fourth-order valence-electron chi connectivity index (χ4n) is 2.58. The molecule has 0 fully saturated rings. The van der Waals surface area contributed by atoms with Crippen molar-refractivity contribution < 1.29 is 27.2 Å². The van der Waals surface area contributed by atoms with Crippen LogP contribution in [0.1, 0.15) is 21.6 Å². The number of halogens is 4. The van der Waals surface area contributed by atoms with Crippen LogP contribution in [0, 0.1) is 5.82 Å². The van der Waals surface area contributed by atoms with Crippen molar-refractivity contribution in [2.45, 2.75) is 6.18 Å². The van der Waals surface area contributed by atoms with Gasteiger partial charge in [-0.25, -0.2) is 4.39 Å². The van der Waals surface area contributed by atoms with Gasteiger partial charge in [0.05, 0.1) is 16.9 Å². The Morgan fingerprint density at radius 3 is 2.42 bits per heavy atom. The number of carbonyl (C=O) groups excluding carboxylic acids is 2. The van der Waals surface area contributed by atoms with Gasteiger partial charge in [-0.2, -0.15) is 13.2 Å². The first-order valence-electron chi connectivity index (χ1n) is 8.90. The Morgan fingerprint density at radius 1 is 0.903 bits per heavy atom. The molecule has 5 nitrogen and oxygen atoms in total. The predicted octanol–water partition coefficient (Wildman–Crippen LogP) is 5.14. The predicted molar refractivity (Wildman–Crippen MR) is 108 cm³/mol. The van der Waals surface area contributed by atoms with Gasteiger partial charge in [-0.1, -0.05) is 18.2 Å². The van der Waals surface area contributed by atoms with Gasteiger partial charge in [-0.3, -0.25) is 14.6 Å². The summed E-state index contributed by atoms with van der Waals surface area (Å²) in [6.07, 6.45) is -0.879. The molecule has 0 aliphatic rings. The summed E-state index contributed by atoms with van der Waals surface area (Å²) in [5.74, 6) is -1.95. The molecule has 0 aliphatic carbocycles. The van der Waals surface area contributed by atoms with Crippen molar-refractivity contribution in [1.82, 2.24) is 4.98 Å². The molecule has 0 unspecified atom stereocenters. The van der Waals surface area contributed by atoms with E-state index >= 15 is 0 Å². The average Bonchev–Trinajstić information content (AvgIpc) is 2.74. The van der Waals surface area contributed by atoms with Gasteiger partial charge in [0.15, 0.2) is 0 Å². The topological polar surface area (TPSA) is 71.1 Å². The number of aromatic nitrogens is 1. The monoisotopic (exact) mass is 429 g/mol. The van der Waals surface area contributed by atoms with Crippen molar-refractivity contribution in [3.63, 3.8) is 0 Å². The molecule has 0 bridgehead atoms. The third kappa shape index (κ3) is 5.99. The summed E-state index contributed by atoms with van der Waals surface area (Å²) >= 11 is 0. The minimum Gasteiger partial charge on any atom is -0.321 e. The van der Waals surface area contributed by atoms with Gasteiger partial charge in [-0.05, 0) is 54.1 Å². The molecule has 31 heavy (non-hydrogen) atoms. The zero-order chi connectivity index (χ0) is 22.4. The van der Waals surface area contributed by atoms with Gasteiger partial charge in [-0.15, -0.1) is 0 Å². The third-order valence-corrected chi connectivity index (χ3v) is 4.03. The van der Waals surface area contributed by atoms with E-state index in [0.717, 1.165) is 30.3 Å². The maximum absolute atomic E-state index is 13.7. The van der Waals surface area contributed by atoms with Crippen molar-refractivity contribution in [3.05, 3.63) is 95.6 Å². The number of nitrogens with zero attached hydrogens (tertiary/aromatic N) is 1. The lowest BCUT2D eigenvalue weighted by Gasteiger charge is -2.11. The summed E-state index contributed by atoms with van der Waals surface area (Å²) in [5, 5.41) is 4.93. The lowest BCUT2D eigenvalue weighted by Crippen LogP contribution is -2.16. The second-order valence-corrected chi connectivity index (χ2v) is 6.30. The molecule has 2 N–H and O–H groups in total. The molecule has 2 amide bonds. The van der Waals surface area contributed by atoms with Gasteiger partial charge >= 0.3 is 6.18 Å². The highest BCUT2D eigenvalue weighted by atomic mass is 19.4. The molecule has 0 aliphatic heterocycles. The molecule has 3 aromatic rings. The average molecular weight is 429 g/mol. The first-order chi connectivity index (χ1) is 14.7. The Hall–Kier alpha value is -4.01. The maximum atomic E-state index is 13.7. The second kappa shape index (κ2) is 9.21. The van der Waals surface area contributed by atoms with Gasteiger partial charge in [0, 0.05) is 12.3 Å². The smallest absolute Gasteiger partial charge is 0.321 e. The van der Waals surface area contributed by atoms with Crippen LogP contribution >= 0.6 is 0 Å². The fraction of sp³-hybridized carbons (Fsp3) is 0.0455. The van der Waals surface area contributed by atoms with Crippen LogP contribution in [-0.4, -0.2) is 16.8 Å². The van der Waals surface area contributed by atoms with Gasteiger partial charge in [0.1, 0.15) is 11.5 Å². The van der Waals surface area contributed by atoms with E-state index in [4.69, 9.17) is 0 Å². The molecule has 0 saturated heterocycles. The van der Waals surface area contributed by atoms with E-state index in [1.807, 2.05) is 0 Å². The molecule has 1 aromatic heterocycles. The van der Waals surface area contributed by atoms with Crippen LogP contribution < -0.4 is 10.6 Å². The highest BCUT2D eigenvalue weighted by molar-refractivity contribution is 6.08. The van der Waals surface area contributed by atoms with Crippen molar-refractivity contribution in [1.29, 1.82) is 0 Å². The molecule has 9 heteroatoms. The highest BCUT2D eigenvalue weighted by Crippen LogP contribution is 2.30. The number of hydrogen-bond acceptors (Lipinski definition) is 3. The molecule has 3 rings (SSSR count). The SMILES string of the molecule is O=C(/C=C/c1cccc(C(F)(F)F)c1)Nc1cc(F)ccc1NC(=O)c1ccccn1.